The number of nitrogens with one attached hydrogen (secondary N) is 1. The standard InChI is InChI=1S/C26H25F3N2O/c27-26(28,29)24-8-4-3-7-20(24)16-31-22-11-12-23(31)15-21(14-22)30-25(32)19-10-9-17-5-1-2-6-18(17)13-19/h1-10,13,21-23H,11-12,14-16H2,(H,30,32). The largest absolute Gasteiger partial charge is 0.416 e. The van der Waals surface area contributed by atoms with Gasteiger partial charge in [-0.05, 0) is 60.2 Å². The average Bonchev–Trinajstić information content (AvgIpc) is 3.00. The molecule has 6 heteroatoms. The smallest absolute Gasteiger partial charge is 0.349 e. The molecule has 1 N–H and O–H groups in total. The van der Waals surface area contributed by atoms with Crippen molar-refractivity contribution in [3.05, 3.63) is 83.4 Å². The normalized spacial score (nSPS) is 23.4. The summed E-state index contributed by atoms with van der Waals surface area (Å²) in [6, 6.07) is 19.9. The highest BCUT2D eigenvalue weighted by molar-refractivity contribution is 5.98. The fourth-order valence-electron chi connectivity index (χ4n) is 5.38. The summed E-state index contributed by atoms with van der Waals surface area (Å²) in [7, 11) is 0. The number of piperidine rings is 1. The third-order valence-corrected chi connectivity index (χ3v) is 6.91. The van der Waals surface area contributed by atoms with Gasteiger partial charge in [-0.25, -0.2) is 0 Å². The number of rotatable bonds is 4. The van der Waals surface area contributed by atoms with Crippen LogP contribution in [-0.4, -0.2) is 28.9 Å². The Hall–Kier alpha value is -2.86. The lowest BCUT2D eigenvalue weighted by Gasteiger charge is -2.39. The van der Waals surface area contributed by atoms with Gasteiger partial charge in [-0.1, -0.05) is 48.5 Å². The van der Waals surface area contributed by atoms with Gasteiger partial charge in [-0.2, -0.15) is 13.2 Å². The van der Waals surface area contributed by atoms with E-state index in [9.17, 15) is 18.0 Å². The van der Waals surface area contributed by atoms with E-state index < -0.39 is 11.7 Å². The second-order valence-corrected chi connectivity index (χ2v) is 8.92. The molecule has 2 bridgehead atoms. The van der Waals surface area contributed by atoms with E-state index in [0.717, 1.165) is 42.5 Å². The highest BCUT2D eigenvalue weighted by Gasteiger charge is 2.42. The van der Waals surface area contributed by atoms with Gasteiger partial charge < -0.3 is 5.32 Å². The zero-order valence-corrected chi connectivity index (χ0v) is 17.6. The molecule has 2 atom stereocenters. The topological polar surface area (TPSA) is 32.3 Å². The van der Waals surface area contributed by atoms with Crippen LogP contribution in [0, 0.1) is 0 Å². The average molecular weight is 438 g/mol. The van der Waals surface area contributed by atoms with Crippen molar-refractivity contribution in [2.75, 3.05) is 0 Å². The minimum Gasteiger partial charge on any atom is -0.349 e. The number of halogens is 3. The van der Waals surface area contributed by atoms with Crippen LogP contribution in [0.1, 0.15) is 47.2 Å². The summed E-state index contributed by atoms with van der Waals surface area (Å²) in [6.07, 6.45) is -0.891. The van der Waals surface area contributed by atoms with Gasteiger partial charge in [0.05, 0.1) is 5.56 Å². The molecule has 0 saturated carbocycles. The molecule has 1 amide bonds. The molecule has 0 spiro atoms. The molecule has 2 saturated heterocycles. The number of nitrogens with zero attached hydrogens (tertiary/aromatic N) is 1. The maximum atomic E-state index is 13.4. The Morgan fingerprint density at radius 3 is 2.28 bits per heavy atom. The van der Waals surface area contributed by atoms with E-state index in [0.29, 0.717) is 17.7 Å². The number of benzene rings is 3. The van der Waals surface area contributed by atoms with Gasteiger partial charge >= 0.3 is 6.18 Å². The number of hydrogen-bond donors (Lipinski definition) is 1. The number of amides is 1. The van der Waals surface area contributed by atoms with E-state index in [1.54, 1.807) is 12.1 Å². The van der Waals surface area contributed by atoms with Crippen LogP contribution in [0.4, 0.5) is 13.2 Å². The van der Waals surface area contributed by atoms with Gasteiger partial charge in [0, 0.05) is 30.2 Å². The molecular formula is C26H25F3N2O. The van der Waals surface area contributed by atoms with Gasteiger partial charge in [0.1, 0.15) is 0 Å². The summed E-state index contributed by atoms with van der Waals surface area (Å²) in [4.78, 5) is 15.1. The predicted octanol–water partition coefficient (Wildman–Crippen LogP) is 5.78. The molecule has 2 fully saturated rings. The van der Waals surface area contributed by atoms with Crippen molar-refractivity contribution in [2.24, 2.45) is 0 Å². The predicted molar refractivity (Wildman–Crippen MR) is 118 cm³/mol. The fourth-order valence-corrected chi connectivity index (χ4v) is 5.38. The van der Waals surface area contributed by atoms with E-state index in [1.807, 2.05) is 42.5 Å². The third-order valence-electron chi connectivity index (χ3n) is 6.91. The van der Waals surface area contributed by atoms with Crippen molar-refractivity contribution in [1.29, 1.82) is 0 Å². The molecular weight excluding hydrogens is 413 g/mol. The van der Waals surface area contributed by atoms with Gasteiger partial charge in [-0.15, -0.1) is 0 Å². The van der Waals surface area contributed by atoms with Crippen molar-refractivity contribution >= 4 is 16.7 Å². The van der Waals surface area contributed by atoms with Crippen molar-refractivity contribution in [3.63, 3.8) is 0 Å². The molecule has 166 valence electrons. The van der Waals surface area contributed by atoms with Gasteiger partial charge in [0.25, 0.3) is 5.91 Å². The van der Waals surface area contributed by atoms with Gasteiger partial charge in [-0.3, -0.25) is 9.69 Å². The monoisotopic (exact) mass is 438 g/mol. The number of alkyl halides is 3. The molecule has 3 nitrogen and oxygen atoms in total. The first kappa shape index (κ1) is 21.0. The van der Waals surface area contributed by atoms with Crippen molar-refractivity contribution in [2.45, 2.75) is 56.5 Å². The van der Waals surface area contributed by atoms with E-state index >= 15 is 0 Å². The molecule has 0 aromatic heterocycles. The van der Waals surface area contributed by atoms with Gasteiger partial charge in [0.15, 0.2) is 0 Å². The summed E-state index contributed by atoms with van der Waals surface area (Å²) in [5, 5.41) is 5.29. The van der Waals surface area contributed by atoms with E-state index in [2.05, 4.69) is 10.2 Å². The molecule has 2 aliphatic heterocycles. The molecule has 5 rings (SSSR count). The Labute approximate surface area is 185 Å². The lowest BCUT2D eigenvalue weighted by Crippen LogP contribution is -2.50. The van der Waals surface area contributed by atoms with Crippen LogP contribution in [0.2, 0.25) is 0 Å². The molecule has 2 heterocycles. The molecule has 3 aromatic rings. The Kier molecular flexibility index (Phi) is 5.41. The Balaban J connectivity index is 1.27. The number of fused-ring (bicyclic) bond motifs is 3. The first-order chi connectivity index (χ1) is 15.4. The first-order valence-electron chi connectivity index (χ1n) is 11.1. The van der Waals surface area contributed by atoms with Crippen molar-refractivity contribution < 1.29 is 18.0 Å². The lowest BCUT2D eigenvalue weighted by molar-refractivity contribution is -0.138. The van der Waals surface area contributed by atoms with E-state index in [4.69, 9.17) is 0 Å². The van der Waals surface area contributed by atoms with Crippen LogP contribution in [0.25, 0.3) is 10.8 Å². The summed E-state index contributed by atoms with van der Waals surface area (Å²) >= 11 is 0. The van der Waals surface area contributed by atoms with Gasteiger partial charge in [0.2, 0.25) is 0 Å². The lowest BCUT2D eigenvalue weighted by atomic mass is 9.95. The fraction of sp³-hybridized carbons (Fsp3) is 0.346. The minimum atomic E-state index is -4.35. The third kappa shape index (κ3) is 4.11. The molecule has 0 aliphatic carbocycles. The second-order valence-electron chi connectivity index (χ2n) is 8.92. The molecule has 2 aliphatic rings. The minimum absolute atomic E-state index is 0.0422. The number of carbonyl (C=O) groups is 1. The molecule has 32 heavy (non-hydrogen) atoms. The quantitative estimate of drug-likeness (QED) is 0.560. The van der Waals surface area contributed by atoms with Crippen LogP contribution >= 0.6 is 0 Å². The van der Waals surface area contributed by atoms with Crippen LogP contribution in [-0.2, 0) is 12.7 Å². The summed E-state index contributed by atoms with van der Waals surface area (Å²) < 4.78 is 40.2. The highest BCUT2D eigenvalue weighted by Crippen LogP contribution is 2.39. The number of hydrogen-bond acceptors (Lipinski definition) is 2. The van der Waals surface area contributed by atoms with Crippen LogP contribution < -0.4 is 5.32 Å². The molecule has 0 radical (unpaired) electrons. The Morgan fingerprint density at radius 1 is 0.906 bits per heavy atom. The van der Waals surface area contributed by atoms with Crippen molar-refractivity contribution in [1.82, 2.24) is 10.2 Å². The second kappa shape index (κ2) is 8.24. The summed E-state index contributed by atoms with van der Waals surface area (Å²) in [5.41, 5.74) is 0.416. The van der Waals surface area contributed by atoms with Crippen LogP contribution in [0.5, 0.6) is 0 Å². The Morgan fingerprint density at radius 2 is 1.56 bits per heavy atom. The molecule has 2 unspecified atom stereocenters. The van der Waals surface area contributed by atoms with E-state index in [1.165, 1.54) is 6.07 Å². The maximum absolute atomic E-state index is 13.4. The summed E-state index contributed by atoms with van der Waals surface area (Å²) in [6.45, 7) is 0.302. The SMILES string of the molecule is O=C(NC1CC2CCC(C1)N2Cc1ccccc1C(F)(F)F)c1ccc2ccccc2c1. The maximum Gasteiger partial charge on any atom is 0.416 e. The zero-order chi connectivity index (χ0) is 22.3. The zero-order valence-electron chi connectivity index (χ0n) is 17.6. The Bertz CT molecular complexity index is 1130. The highest BCUT2D eigenvalue weighted by atomic mass is 19.4. The first-order valence-corrected chi connectivity index (χ1v) is 11.1. The molecule has 3 aromatic carbocycles. The van der Waals surface area contributed by atoms with Crippen molar-refractivity contribution in [3.8, 4) is 0 Å². The number of carbonyl (C=O) groups excluding carboxylic acids is 1. The summed E-state index contributed by atoms with van der Waals surface area (Å²) in [5.74, 6) is -0.0870. The van der Waals surface area contributed by atoms with Crippen LogP contribution in [0.15, 0.2) is 66.7 Å². The van der Waals surface area contributed by atoms with Crippen LogP contribution in [0.3, 0.4) is 0 Å². The van der Waals surface area contributed by atoms with E-state index in [-0.39, 0.29) is 24.0 Å².